The molecule has 0 saturated heterocycles. The van der Waals surface area contributed by atoms with Crippen LogP contribution in [-0.4, -0.2) is 10.9 Å². The van der Waals surface area contributed by atoms with Gasteiger partial charge in [-0.1, -0.05) is 25.1 Å². The van der Waals surface area contributed by atoms with E-state index in [1.165, 1.54) is 23.9 Å². The minimum atomic E-state index is -0.326. The molecule has 2 N–H and O–H groups in total. The van der Waals surface area contributed by atoms with Gasteiger partial charge in [0.1, 0.15) is 11.5 Å². The summed E-state index contributed by atoms with van der Waals surface area (Å²) in [6.07, 6.45) is 2.49. The Morgan fingerprint density at radius 2 is 1.76 bits per heavy atom. The highest BCUT2D eigenvalue weighted by Gasteiger charge is 2.09. The number of benzene rings is 2. The van der Waals surface area contributed by atoms with Crippen molar-refractivity contribution in [1.29, 1.82) is 0 Å². The summed E-state index contributed by atoms with van der Waals surface area (Å²) >= 11 is 0. The number of hydrogen-bond acceptors (Lipinski definition) is 3. The molecule has 3 aromatic rings. The highest BCUT2D eigenvalue weighted by atomic mass is 19.1. The summed E-state index contributed by atoms with van der Waals surface area (Å²) < 4.78 is 13.3. The maximum Gasteiger partial charge on any atom is 0.274 e. The van der Waals surface area contributed by atoms with E-state index in [9.17, 15) is 9.18 Å². The van der Waals surface area contributed by atoms with Crippen LogP contribution < -0.4 is 10.6 Å². The topological polar surface area (TPSA) is 54.0 Å². The summed E-state index contributed by atoms with van der Waals surface area (Å²) in [6.45, 7) is 2.08. The Morgan fingerprint density at radius 1 is 1.00 bits per heavy atom. The molecule has 25 heavy (non-hydrogen) atoms. The highest BCUT2D eigenvalue weighted by Crippen LogP contribution is 2.18. The molecule has 0 spiro atoms. The third kappa shape index (κ3) is 4.41. The molecule has 0 bridgehead atoms. The van der Waals surface area contributed by atoms with Crippen molar-refractivity contribution in [3.63, 3.8) is 0 Å². The van der Waals surface area contributed by atoms with E-state index in [-0.39, 0.29) is 17.4 Å². The van der Waals surface area contributed by atoms with Crippen LogP contribution in [0.5, 0.6) is 0 Å². The summed E-state index contributed by atoms with van der Waals surface area (Å²) in [5.74, 6) is -0.625. The number of anilines is 3. The molecule has 0 aliphatic heterocycles. The van der Waals surface area contributed by atoms with Crippen LogP contribution in [0.25, 0.3) is 0 Å². The second-order valence-corrected chi connectivity index (χ2v) is 5.57. The molecule has 3 rings (SSSR count). The molecule has 1 heterocycles. The number of hydrogen-bond donors (Lipinski definition) is 2. The molecular weight excluding hydrogens is 317 g/mol. The fourth-order valence-electron chi connectivity index (χ4n) is 2.38. The fourth-order valence-corrected chi connectivity index (χ4v) is 2.38. The van der Waals surface area contributed by atoms with Gasteiger partial charge in [0.05, 0.1) is 0 Å². The average Bonchev–Trinajstić information content (AvgIpc) is 2.62. The summed E-state index contributed by atoms with van der Waals surface area (Å²) in [7, 11) is 0. The molecule has 0 atom stereocenters. The van der Waals surface area contributed by atoms with Crippen LogP contribution in [0.15, 0.2) is 66.9 Å². The molecule has 0 fully saturated rings. The fraction of sp³-hybridized carbons (Fsp3) is 0.100. The lowest BCUT2D eigenvalue weighted by Crippen LogP contribution is -2.13. The van der Waals surface area contributed by atoms with Gasteiger partial charge in [-0.05, 0) is 54.4 Å². The number of pyridine rings is 1. The quantitative estimate of drug-likeness (QED) is 0.705. The van der Waals surface area contributed by atoms with Crippen molar-refractivity contribution < 1.29 is 9.18 Å². The van der Waals surface area contributed by atoms with Crippen LogP contribution in [0.3, 0.4) is 0 Å². The lowest BCUT2D eigenvalue weighted by atomic mass is 10.1. The monoisotopic (exact) mass is 335 g/mol. The van der Waals surface area contributed by atoms with E-state index in [1.807, 2.05) is 24.3 Å². The number of amides is 1. The summed E-state index contributed by atoms with van der Waals surface area (Å²) in [4.78, 5) is 16.5. The first kappa shape index (κ1) is 16.6. The van der Waals surface area contributed by atoms with E-state index in [1.54, 1.807) is 24.3 Å². The average molecular weight is 335 g/mol. The van der Waals surface area contributed by atoms with Crippen molar-refractivity contribution in [1.82, 2.24) is 4.98 Å². The van der Waals surface area contributed by atoms with Crippen molar-refractivity contribution in [2.75, 3.05) is 10.6 Å². The molecule has 0 aliphatic carbocycles. The van der Waals surface area contributed by atoms with Gasteiger partial charge in [-0.25, -0.2) is 4.39 Å². The predicted molar refractivity (Wildman–Crippen MR) is 97.7 cm³/mol. The van der Waals surface area contributed by atoms with Crippen LogP contribution in [0, 0.1) is 5.82 Å². The molecular formula is C20H18FN3O. The third-order valence-corrected chi connectivity index (χ3v) is 3.73. The Morgan fingerprint density at radius 3 is 2.48 bits per heavy atom. The van der Waals surface area contributed by atoms with E-state index in [0.717, 1.165) is 6.42 Å². The molecule has 2 aromatic carbocycles. The number of carbonyl (C=O) groups excluding carboxylic acids is 1. The Hall–Kier alpha value is -3.21. The smallest absolute Gasteiger partial charge is 0.274 e. The number of aromatic nitrogens is 1. The van der Waals surface area contributed by atoms with E-state index in [2.05, 4.69) is 22.5 Å². The van der Waals surface area contributed by atoms with Crippen LogP contribution in [0.2, 0.25) is 0 Å². The zero-order valence-electron chi connectivity index (χ0n) is 13.8. The van der Waals surface area contributed by atoms with Gasteiger partial charge in [-0.3, -0.25) is 9.78 Å². The van der Waals surface area contributed by atoms with Crippen LogP contribution in [0.4, 0.5) is 21.5 Å². The van der Waals surface area contributed by atoms with Crippen LogP contribution >= 0.6 is 0 Å². The van der Waals surface area contributed by atoms with Crippen molar-refractivity contribution in [3.05, 3.63) is 83.9 Å². The number of halogens is 1. The molecule has 1 amide bonds. The number of nitrogens with zero attached hydrogens (tertiary/aromatic N) is 1. The minimum Gasteiger partial charge on any atom is -0.355 e. The number of carbonyl (C=O) groups is 1. The zero-order chi connectivity index (χ0) is 17.6. The summed E-state index contributed by atoms with van der Waals surface area (Å²) in [5, 5.41) is 5.88. The maximum atomic E-state index is 13.3. The summed E-state index contributed by atoms with van der Waals surface area (Å²) in [5.41, 5.74) is 3.46. The van der Waals surface area contributed by atoms with Gasteiger partial charge in [0.25, 0.3) is 5.91 Å². The molecule has 0 aliphatic rings. The first-order chi connectivity index (χ1) is 12.1. The molecule has 0 saturated carbocycles. The Kier molecular flexibility index (Phi) is 5.04. The van der Waals surface area contributed by atoms with Crippen LogP contribution in [-0.2, 0) is 6.42 Å². The van der Waals surface area contributed by atoms with E-state index in [0.29, 0.717) is 17.1 Å². The van der Waals surface area contributed by atoms with Crippen molar-refractivity contribution in [2.45, 2.75) is 13.3 Å². The first-order valence-electron chi connectivity index (χ1n) is 8.03. The largest absolute Gasteiger partial charge is 0.355 e. The highest BCUT2D eigenvalue weighted by molar-refractivity contribution is 6.03. The Labute approximate surface area is 145 Å². The standard InChI is InChI=1S/C20H18FN3O/c1-2-14-6-8-16(9-7-14)24-20(25)19-13-18(10-11-22-19)23-17-5-3-4-15(21)12-17/h3-13H,2H2,1H3,(H,22,23)(H,24,25). The van der Waals surface area contributed by atoms with E-state index >= 15 is 0 Å². The van der Waals surface area contributed by atoms with E-state index < -0.39 is 0 Å². The second-order valence-electron chi connectivity index (χ2n) is 5.57. The van der Waals surface area contributed by atoms with Gasteiger partial charge in [-0.2, -0.15) is 0 Å². The molecule has 4 nitrogen and oxygen atoms in total. The normalized spacial score (nSPS) is 10.3. The number of nitrogens with one attached hydrogen (secondary N) is 2. The van der Waals surface area contributed by atoms with Gasteiger partial charge in [0.15, 0.2) is 0 Å². The molecule has 5 heteroatoms. The second kappa shape index (κ2) is 7.57. The third-order valence-electron chi connectivity index (χ3n) is 3.73. The van der Waals surface area contributed by atoms with Crippen LogP contribution in [0.1, 0.15) is 23.0 Å². The van der Waals surface area contributed by atoms with Crippen molar-refractivity contribution >= 4 is 23.0 Å². The minimum absolute atomic E-state index is 0.279. The van der Waals surface area contributed by atoms with Gasteiger partial charge in [0, 0.05) is 23.3 Å². The first-order valence-corrected chi connectivity index (χ1v) is 8.03. The number of rotatable bonds is 5. The SMILES string of the molecule is CCc1ccc(NC(=O)c2cc(Nc3cccc(F)c3)ccn2)cc1. The predicted octanol–water partition coefficient (Wildman–Crippen LogP) is 4.78. The lowest BCUT2D eigenvalue weighted by Gasteiger charge is -2.09. The van der Waals surface area contributed by atoms with Gasteiger partial charge < -0.3 is 10.6 Å². The summed E-state index contributed by atoms with van der Waals surface area (Å²) in [6, 6.07) is 17.2. The number of aryl methyl sites for hydroxylation is 1. The van der Waals surface area contributed by atoms with E-state index in [4.69, 9.17) is 0 Å². The zero-order valence-corrected chi connectivity index (χ0v) is 13.8. The maximum absolute atomic E-state index is 13.3. The molecule has 1 aromatic heterocycles. The van der Waals surface area contributed by atoms with Crippen molar-refractivity contribution in [3.8, 4) is 0 Å². The lowest BCUT2D eigenvalue weighted by molar-refractivity contribution is 0.102. The van der Waals surface area contributed by atoms with Gasteiger partial charge in [0.2, 0.25) is 0 Å². The van der Waals surface area contributed by atoms with Crippen molar-refractivity contribution in [2.24, 2.45) is 0 Å². The molecule has 0 unspecified atom stereocenters. The Balaban J connectivity index is 1.72. The van der Waals surface area contributed by atoms with Gasteiger partial charge in [-0.15, -0.1) is 0 Å². The Bertz CT molecular complexity index is 878. The molecule has 126 valence electrons. The van der Waals surface area contributed by atoms with Gasteiger partial charge >= 0.3 is 0 Å². The molecule has 0 radical (unpaired) electrons.